The maximum atomic E-state index is 12.1. The molecule has 0 atom stereocenters. The molecule has 0 spiro atoms. The van der Waals surface area contributed by atoms with Gasteiger partial charge in [0, 0.05) is 13.6 Å². The van der Waals surface area contributed by atoms with Gasteiger partial charge < -0.3 is 9.64 Å². The van der Waals surface area contributed by atoms with Crippen LogP contribution in [-0.2, 0) is 6.54 Å². The van der Waals surface area contributed by atoms with E-state index >= 15 is 0 Å². The lowest BCUT2D eigenvalue weighted by molar-refractivity contribution is -0.274. The lowest BCUT2D eigenvalue weighted by atomic mass is 10.2. The van der Waals surface area contributed by atoms with Crippen molar-refractivity contribution in [1.82, 2.24) is 4.90 Å². The molecule has 0 fully saturated rings. The van der Waals surface area contributed by atoms with Gasteiger partial charge in [-0.1, -0.05) is 23.7 Å². The third kappa shape index (κ3) is 4.64. The van der Waals surface area contributed by atoms with Crippen LogP contribution in [-0.4, -0.2) is 24.2 Å². The molecule has 1 aromatic heterocycles. The molecule has 3 nitrogen and oxygen atoms in total. The van der Waals surface area contributed by atoms with Crippen LogP contribution >= 0.6 is 22.9 Å². The van der Waals surface area contributed by atoms with Gasteiger partial charge in [-0.05, 0) is 29.8 Å². The molecule has 8 heteroatoms. The Kier molecular flexibility index (Phi) is 4.97. The quantitative estimate of drug-likeness (QED) is 0.809. The Hall–Kier alpha value is -1.73. The Morgan fingerprint density at radius 1 is 1.23 bits per heavy atom. The van der Waals surface area contributed by atoms with Crippen LogP contribution in [0, 0.1) is 0 Å². The van der Waals surface area contributed by atoms with Crippen LogP contribution in [0.25, 0.3) is 0 Å². The summed E-state index contributed by atoms with van der Waals surface area (Å²) in [6.45, 7) is 0.265. The summed E-state index contributed by atoms with van der Waals surface area (Å²) in [5.74, 6) is -0.497. The largest absolute Gasteiger partial charge is 0.573 e. The zero-order chi connectivity index (χ0) is 16.3. The minimum atomic E-state index is -4.72. The number of carbonyl (C=O) groups is 1. The molecule has 0 aliphatic heterocycles. The van der Waals surface area contributed by atoms with Crippen LogP contribution in [0.5, 0.6) is 5.75 Å². The molecular formula is C14H11ClF3NO2S. The SMILES string of the molecule is CN(Cc1ccc(OC(F)(F)F)cc1)C(=O)c1ccc(Cl)s1. The number of carbonyl (C=O) groups excluding carboxylic acids is 1. The predicted molar refractivity (Wildman–Crippen MR) is 78.3 cm³/mol. The number of amides is 1. The van der Waals surface area contributed by atoms with Gasteiger partial charge in [-0.3, -0.25) is 4.79 Å². The first-order valence-corrected chi connectivity index (χ1v) is 7.29. The van der Waals surface area contributed by atoms with E-state index in [0.717, 1.165) is 0 Å². The maximum Gasteiger partial charge on any atom is 0.573 e. The number of alkyl halides is 3. The van der Waals surface area contributed by atoms with Crippen molar-refractivity contribution in [3.63, 3.8) is 0 Å². The van der Waals surface area contributed by atoms with Crippen LogP contribution in [0.1, 0.15) is 15.2 Å². The zero-order valence-corrected chi connectivity index (χ0v) is 12.9. The Morgan fingerprint density at radius 3 is 2.36 bits per heavy atom. The molecule has 0 radical (unpaired) electrons. The van der Waals surface area contributed by atoms with E-state index < -0.39 is 6.36 Å². The van der Waals surface area contributed by atoms with Crippen molar-refractivity contribution >= 4 is 28.8 Å². The summed E-state index contributed by atoms with van der Waals surface area (Å²) in [6, 6.07) is 8.65. The van der Waals surface area contributed by atoms with Crippen LogP contribution < -0.4 is 4.74 Å². The smallest absolute Gasteiger partial charge is 0.406 e. The van der Waals surface area contributed by atoms with Gasteiger partial charge in [0.15, 0.2) is 0 Å². The molecule has 1 amide bonds. The van der Waals surface area contributed by atoms with Crippen LogP contribution in [0.2, 0.25) is 4.34 Å². The highest BCUT2D eigenvalue weighted by Crippen LogP contribution is 2.24. The fraction of sp³-hybridized carbons (Fsp3) is 0.214. The molecular weight excluding hydrogens is 339 g/mol. The third-order valence-corrected chi connectivity index (χ3v) is 3.93. The van der Waals surface area contributed by atoms with Gasteiger partial charge in [-0.25, -0.2) is 0 Å². The minimum Gasteiger partial charge on any atom is -0.406 e. The minimum absolute atomic E-state index is 0.201. The second kappa shape index (κ2) is 6.58. The number of benzene rings is 1. The molecule has 1 heterocycles. The second-order valence-corrected chi connectivity index (χ2v) is 6.17. The predicted octanol–water partition coefficient (Wildman–Crippen LogP) is 4.57. The summed E-state index contributed by atoms with van der Waals surface area (Å²) < 4.78 is 40.5. The molecule has 22 heavy (non-hydrogen) atoms. The Bertz CT molecular complexity index is 655. The van der Waals surface area contributed by atoms with E-state index in [9.17, 15) is 18.0 Å². The first-order chi connectivity index (χ1) is 10.2. The van der Waals surface area contributed by atoms with Crippen molar-refractivity contribution in [2.24, 2.45) is 0 Å². The van der Waals surface area contributed by atoms with Gasteiger partial charge in [-0.15, -0.1) is 24.5 Å². The topological polar surface area (TPSA) is 29.5 Å². The standard InChI is InChI=1S/C14H11ClF3NO2S/c1-19(13(20)11-6-7-12(15)22-11)8-9-2-4-10(5-3-9)21-14(16,17)18/h2-7H,8H2,1H3. The number of rotatable bonds is 4. The summed E-state index contributed by atoms with van der Waals surface area (Å²) >= 11 is 6.95. The van der Waals surface area contributed by atoms with E-state index in [1.165, 1.54) is 40.5 Å². The Balaban J connectivity index is 1.99. The van der Waals surface area contributed by atoms with E-state index in [-0.39, 0.29) is 18.2 Å². The fourth-order valence-corrected chi connectivity index (χ4v) is 2.80. The average Bonchev–Trinajstić information content (AvgIpc) is 2.85. The van der Waals surface area contributed by atoms with Gasteiger partial charge in [-0.2, -0.15) is 0 Å². The first kappa shape index (κ1) is 16.6. The Morgan fingerprint density at radius 2 is 1.86 bits per heavy atom. The first-order valence-electron chi connectivity index (χ1n) is 6.10. The number of hydrogen-bond donors (Lipinski definition) is 0. The van der Waals surface area contributed by atoms with Gasteiger partial charge in [0.25, 0.3) is 5.91 Å². The number of hydrogen-bond acceptors (Lipinski definition) is 3. The normalized spacial score (nSPS) is 11.3. The van der Waals surface area contributed by atoms with E-state index in [2.05, 4.69) is 4.74 Å². The molecule has 2 aromatic rings. The van der Waals surface area contributed by atoms with Crippen LogP contribution in [0.15, 0.2) is 36.4 Å². The van der Waals surface area contributed by atoms with E-state index in [4.69, 9.17) is 11.6 Å². The molecule has 0 saturated carbocycles. The number of thiophene rings is 1. The molecule has 0 saturated heterocycles. The van der Waals surface area contributed by atoms with E-state index in [1.807, 2.05) is 0 Å². The van der Waals surface area contributed by atoms with E-state index in [1.54, 1.807) is 19.2 Å². The van der Waals surface area contributed by atoms with Crippen LogP contribution in [0.4, 0.5) is 13.2 Å². The van der Waals surface area contributed by atoms with Gasteiger partial charge in [0.05, 0.1) is 9.21 Å². The van der Waals surface area contributed by atoms with Crippen molar-refractivity contribution in [2.75, 3.05) is 7.05 Å². The lowest BCUT2D eigenvalue weighted by Crippen LogP contribution is -2.25. The summed E-state index contributed by atoms with van der Waals surface area (Å²) in [5, 5.41) is 0. The molecule has 0 unspecified atom stereocenters. The second-order valence-electron chi connectivity index (χ2n) is 4.46. The molecule has 0 aliphatic rings. The third-order valence-electron chi connectivity index (χ3n) is 2.71. The van der Waals surface area contributed by atoms with Crippen molar-refractivity contribution in [3.8, 4) is 5.75 Å². The lowest BCUT2D eigenvalue weighted by Gasteiger charge is -2.16. The van der Waals surface area contributed by atoms with Crippen LogP contribution in [0.3, 0.4) is 0 Å². The highest BCUT2D eigenvalue weighted by atomic mass is 35.5. The van der Waals surface area contributed by atoms with Gasteiger partial charge in [0.1, 0.15) is 5.75 Å². The summed E-state index contributed by atoms with van der Waals surface area (Å²) in [6.07, 6.45) is -4.72. The number of nitrogens with zero attached hydrogens (tertiary/aromatic N) is 1. The van der Waals surface area contributed by atoms with Crippen molar-refractivity contribution in [3.05, 3.63) is 51.2 Å². The van der Waals surface area contributed by atoms with E-state index in [0.29, 0.717) is 14.8 Å². The average molecular weight is 350 g/mol. The molecule has 1 aromatic carbocycles. The molecule has 2 rings (SSSR count). The maximum absolute atomic E-state index is 12.1. The monoisotopic (exact) mass is 349 g/mol. The Labute approximate surface area is 133 Å². The van der Waals surface area contributed by atoms with Crippen molar-refractivity contribution < 1.29 is 22.7 Å². The summed E-state index contributed by atoms with van der Waals surface area (Å²) in [5.41, 5.74) is 0.688. The number of ether oxygens (including phenoxy) is 1. The molecule has 0 N–H and O–H groups in total. The molecule has 0 bridgehead atoms. The van der Waals surface area contributed by atoms with Crippen molar-refractivity contribution in [2.45, 2.75) is 12.9 Å². The fourth-order valence-electron chi connectivity index (χ4n) is 1.76. The molecule has 118 valence electrons. The molecule has 0 aliphatic carbocycles. The summed E-state index contributed by atoms with van der Waals surface area (Å²) in [7, 11) is 1.61. The summed E-state index contributed by atoms with van der Waals surface area (Å²) in [4.78, 5) is 14.1. The highest BCUT2D eigenvalue weighted by Gasteiger charge is 2.30. The van der Waals surface area contributed by atoms with Gasteiger partial charge in [0.2, 0.25) is 0 Å². The van der Waals surface area contributed by atoms with Crippen molar-refractivity contribution in [1.29, 1.82) is 0 Å². The zero-order valence-electron chi connectivity index (χ0n) is 11.4. The number of halogens is 4. The van der Waals surface area contributed by atoms with Gasteiger partial charge >= 0.3 is 6.36 Å². The highest BCUT2D eigenvalue weighted by molar-refractivity contribution is 7.17.